The van der Waals surface area contributed by atoms with Crippen molar-refractivity contribution in [2.45, 2.75) is 19.8 Å². The zero-order valence-electron chi connectivity index (χ0n) is 15.5. The number of benzene rings is 3. The number of hydrogen-bond acceptors (Lipinski definition) is 4. The fourth-order valence-corrected chi connectivity index (χ4v) is 4.35. The number of anilines is 1. The lowest BCUT2D eigenvalue weighted by atomic mass is 10.0. The molecule has 5 heteroatoms. The average molecular weight is 388 g/mol. The summed E-state index contributed by atoms with van der Waals surface area (Å²) in [5.74, 6) is -0.0986. The van der Waals surface area contributed by atoms with Gasteiger partial charge in [-0.2, -0.15) is 0 Å². The SMILES string of the molecule is Cc1nc(Cc2cccc3ccccc23)sc1CC(=O)Nc1ccccc1O. The molecule has 0 unspecified atom stereocenters. The van der Waals surface area contributed by atoms with Crippen molar-refractivity contribution in [3.63, 3.8) is 0 Å². The highest BCUT2D eigenvalue weighted by Crippen LogP contribution is 2.26. The minimum Gasteiger partial charge on any atom is -0.506 e. The summed E-state index contributed by atoms with van der Waals surface area (Å²) < 4.78 is 0. The zero-order valence-corrected chi connectivity index (χ0v) is 16.3. The van der Waals surface area contributed by atoms with E-state index in [2.05, 4.69) is 40.6 Å². The van der Waals surface area contributed by atoms with Crippen LogP contribution < -0.4 is 5.32 Å². The van der Waals surface area contributed by atoms with Crippen LogP contribution >= 0.6 is 11.3 Å². The summed E-state index contributed by atoms with van der Waals surface area (Å²) in [5, 5.41) is 16.0. The molecule has 2 N–H and O–H groups in total. The van der Waals surface area contributed by atoms with Gasteiger partial charge in [-0.3, -0.25) is 4.79 Å². The predicted molar refractivity (Wildman–Crippen MR) is 114 cm³/mol. The maximum Gasteiger partial charge on any atom is 0.229 e. The minimum atomic E-state index is -0.162. The van der Waals surface area contributed by atoms with Crippen molar-refractivity contribution >= 4 is 33.7 Å². The van der Waals surface area contributed by atoms with Crippen LogP contribution in [0.4, 0.5) is 5.69 Å². The van der Waals surface area contributed by atoms with Gasteiger partial charge in [0.25, 0.3) is 0 Å². The van der Waals surface area contributed by atoms with E-state index in [1.807, 2.05) is 19.1 Å². The molecule has 140 valence electrons. The molecule has 0 fully saturated rings. The number of thiazole rings is 1. The van der Waals surface area contributed by atoms with Gasteiger partial charge in [0.15, 0.2) is 0 Å². The molecular formula is C23H20N2O2S. The quantitative estimate of drug-likeness (QED) is 0.469. The third-order valence-corrected chi connectivity index (χ3v) is 5.82. The van der Waals surface area contributed by atoms with Crippen LogP contribution in [0.3, 0.4) is 0 Å². The smallest absolute Gasteiger partial charge is 0.229 e. The fourth-order valence-electron chi connectivity index (χ4n) is 3.26. The van der Waals surface area contributed by atoms with Gasteiger partial charge in [-0.05, 0) is 35.4 Å². The number of nitrogens with one attached hydrogen (secondary N) is 1. The molecule has 1 amide bonds. The molecule has 0 aliphatic heterocycles. The van der Waals surface area contributed by atoms with Crippen molar-refractivity contribution in [1.82, 2.24) is 4.98 Å². The normalized spacial score (nSPS) is 10.9. The van der Waals surface area contributed by atoms with E-state index in [9.17, 15) is 9.90 Å². The summed E-state index contributed by atoms with van der Waals surface area (Å²) in [6.45, 7) is 1.94. The summed E-state index contributed by atoms with van der Waals surface area (Å²) in [5.41, 5.74) is 2.54. The average Bonchev–Trinajstić information content (AvgIpc) is 3.03. The van der Waals surface area contributed by atoms with E-state index in [0.717, 1.165) is 22.0 Å². The second kappa shape index (κ2) is 7.82. The van der Waals surface area contributed by atoms with Crippen LogP contribution in [0, 0.1) is 6.92 Å². The van der Waals surface area contributed by atoms with Gasteiger partial charge >= 0.3 is 0 Å². The van der Waals surface area contributed by atoms with Crippen LogP contribution in [-0.4, -0.2) is 16.0 Å². The van der Waals surface area contributed by atoms with Gasteiger partial charge in [0.1, 0.15) is 5.75 Å². The largest absolute Gasteiger partial charge is 0.506 e. The molecule has 0 aliphatic rings. The van der Waals surface area contributed by atoms with E-state index in [-0.39, 0.29) is 18.1 Å². The first-order chi connectivity index (χ1) is 13.6. The minimum absolute atomic E-state index is 0.0634. The molecule has 4 nitrogen and oxygen atoms in total. The summed E-state index contributed by atoms with van der Waals surface area (Å²) in [6, 6.07) is 21.4. The molecular weight excluding hydrogens is 368 g/mol. The fraction of sp³-hybridized carbons (Fsp3) is 0.130. The number of phenolic OH excluding ortho intramolecular Hbond substituents is 1. The van der Waals surface area contributed by atoms with Crippen molar-refractivity contribution in [3.8, 4) is 5.75 Å². The molecule has 0 bridgehead atoms. The van der Waals surface area contributed by atoms with Crippen molar-refractivity contribution < 1.29 is 9.90 Å². The van der Waals surface area contributed by atoms with Crippen LogP contribution in [0.15, 0.2) is 66.7 Å². The molecule has 0 atom stereocenters. The van der Waals surface area contributed by atoms with Crippen molar-refractivity contribution in [2.75, 3.05) is 5.32 Å². The van der Waals surface area contributed by atoms with Crippen molar-refractivity contribution in [2.24, 2.45) is 0 Å². The first-order valence-electron chi connectivity index (χ1n) is 9.10. The number of carbonyl (C=O) groups is 1. The number of amides is 1. The monoisotopic (exact) mass is 388 g/mol. The van der Waals surface area contributed by atoms with Gasteiger partial charge in [-0.25, -0.2) is 4.98 Å². The molecule has 0 spiro atoms. The number of aromatic nitrogens is 1. The number of para-hydroxylation sites is 2. The molecule has 1 heterocycles. The predicted octanol–water partition coefficient (Wildman–Crippen LogP) is 5.08. The third-order valence-electron chi connectivity index (χ3n) is 4.66. The Morgan fingerprint density at radius 1 is 1.04 bits per heavy atom. The van der Waals surface area contributed by atoms with Gasteiger partial charge in [0.2, 0.25) is 5.91 Å². The maximum absolute atomic E-state index is 12.4. The molecule has 0 saturated heterocycles. The van der Waals surface area contributed by atoms with Crippen molar-refractivity contribution in [1.29, 1.82) is 0 Å². The van der Waals surface area contributed by atoms with Gasteiger partial charge in [0.05, 0.1) is 22.8 Å². The Labute approximate surface area is 167 Å². The Morgan fingerprint density at radius 2 is 1.79 bits per heavy atom. The third kappa shape index (κ3) is 3.89. The van der Waals surface area contributed by atoms with E-state index in [4.69, 9.17) is 0 Å². The molecule has 28 heavy (non-hydrogen) atoms. The Balaban J connectivity index is 1.50. The number of aryl methyl sites for hydroxylation is 1. The lowest BCUT2D eigenvalue weighted by molar-refractivity contribution is -0.115. The van der Waals surface area contributed by atoms with E-state index in [1.165, 1.54) is 16.3 Å². The molecule has 4 rings (SSSR count). The highest BCUT2D eigenvalue weighted by Gasteiger charge is 2.14. The van der Waals surface area contributed by atoms with Crippen LogP contribution in [0.2, 0.25) is 0 Å². The second-order valence-corrected chi connectivity index (χ2v) is 7.84. The molecule has 4 aromatic rings. The van der Waals surface area contributed by atoms with Gasteiger partial charge in [-0.15, -0.1) is 11.3 Å². The lowest BCUT2D eigenvalue weighted by Crippen LogP contribution is -2.14. The lowest BCUT2D eigenvalue weighted by Gasteiger charge is -2.06. The number of fused-ring (bicyclic) bond motifs is 1. The summed E-state index contributed by atoms with van der Waals surface area (Å²) in [7, 11) is 0. The molecule has 0 aliphatic carbocycles. The Kier molecular flexibility index (Phi) is 5.08. The van der Waals surface area contributed by atoms with E-state index in [1.54, 1.807) is 35.6 Å². The number of hydrogen-bond donors (Lipinski definition) is 2. The van der Waals surface area contributed by atoms with Crippen LogP contribution in [-0.2, 0) is 17.6 Å². The zero-order chi connectivity index (χ0) is 19.5. The van der Waals surface area contributed by atoms with Gasteiger partial charge in [-0.1, -0.05) is 54.6 Å². The second-order valence-electron chi connectivity index (χ2n) is 6.67. The van der Waals surface area contributed by atoms with E-state index >= 15 is 0 Å². The van der Waals surface area contributed by atoms with Crippen LogP contribution in [0.5, 0.6) is 5.75 Å². The number of phenols is 1. The first-order valence-corrected chi connectivity index (χ1v) is 9.91. The highest BCUT2D eigenvalue weighted by molar-refractivity contribution is 7.11. The number of aromatic hydroxyl groups is 1. The highest BCUT2D eigenvalue weighted by atomic mass is 32.1. The van der Waals surface area contributed by atoms with Crippen molar-refractivity contribution in [3.05, 3.63) is 87.9 Å². The Hall–Kier alpha value is -3.18. The molecule has 1 aromatic heterocycles. The standard InChI is InChI=1S/C23H20N2O2S/c1-15-21(14-22(27)25-19-11-4-5-12-20(19)26)28-23(24-15)13-17-9-6-8-16-7-2-3-10-18(16)17/h2-12,26H,13-14H2,1H3,(H,25,27). The Morgan fingerprint density at radius 3 is 2.64 bits per heavy atom. The number of nitrogens with zero attached hydrogens (tertiary/aromatic N) is 1. The van der Waals surface area contributed by atoms with E-state index in [0.29, 0.717) is 5.69 Å². The molecule has 0 saturated carbocycles. The van der Waals surface area contributed by atoms with E-state index < -0.39 is 0 Å². The van der Waals surface area contributed by atoms with Gasteiger partial charge < -0.3 is 10.4 Å². The first kappa shape index (κ1) is 18.2. The summed E-state index contributed by atoms with van der Waals surface area (Å²) in [4.78, 5) is 18.0. The number of rotatable bonds is 5. The number of carbonyl (C=O) groups excluding carboxylic acids is 1. The van der Waals surface area contributed by atoms with Gasteiger partial charge in [0, 0.05) is 11.3 Å². The Bertz CT molecular complexity index is 1150. The van der Waals surface area contributed by atoms with Crippen LogP contribution in [0.1, 0.15) is 21.1 Å². The van der Waals surface area contributed by atoms with Crippen LogP contribution in [0.25, 0.3) is 10.8 Å². The molecule has 3 aromatic carbocycles. The molecule has 0 radical (unpaired) electrons. The topological polar surface area (TPSA) is 62.2 Å². The maximum atomic E-state index is 12.4. The summed E-state index contributed by atoms with van der Waals surface area (Å²) >= 11 is 1.57. The summed E-state index contributed by atoms with van der Waals surface area (Å²) in [6.07, 6.45) is 0.987.